The molecule has 0 aromatic heterocycles. The van der Waals surface area contributed by atoms with Crippen LogP contribution >= 0.6 is 0 Å². The number of carbonyl (C=O) groups is 1. The molecule has 0 fully saturated rings. The average Bonchev–Trinajstić information content (AvgIpc) is 2.61. The van der Waals surface area contributed by atoms with Gasteiger partial charge in [0.1, 0.15) is 0 Å². The maximum absolute atomic E-state index is 11.6. The van der Waals surface area contributed by atoms with Crippen LogP contribution in [-0.4, -0.2) is 30.3 Å². The molecule has 0 saturated carbocycles. The molecule has 4 nitrogen and oxygen atoms in total. The zero-order valence-electron chi connectivity index (χ0n) is 14.9. The van der Waals surface area contributed by atoms with Gasteiger partial charge < -0.3 is 15.6 Å². The van der Waals surface area contributed by atoms with Gasteiger partial charge in [0.25, 0.3) is 0 Å². The van der Waals surface area contributed by atoms with Crippen LogP contribution in [0.2, 0.25) is 0 Å². The minimum absolute atomic E-state index is 0.180. The molecule has 0 bridgehead atoms. The van der Waals surface area contributed by atoms with Crippen molar-refractivity contribution in [1.82, 2.24) is 0 Å². The highest BCUT2D eigenvalue weighted by molar-refractivity contribution is 5.74. The van der Waals surface area contributed by atoms with Crippen LogP contribution in [0, 0.1) is 5.41 Å². The summed E-state index contributed by atoms with van der Waals surface area (Å²) in [5, 5.41) is 9.50. The second-order valence-electron chi connectivity index (χ2n) is 6.73. The van der Waals surface area contributed by atoms with Crippen molar-refractivity contribution >= 4 is 5.97 Å². The van der Waals surface area contributed by atoms with E-state index in [1.807, 2.05) is 25.1 Å². The molecule has 0 unspecified atom stereocenters. The minimum atomic E-state index is -0.959. The van der Waals surface area contributed by atoms with Crippen molar-refractivity contribution in [2.75, 3.05) is 13.2 Å². The Hall–Kier alpha value is -2.17. The van der Waals surface area contributed by atoms with Gasteiger partial charge in [-0.1, -0.05) is 54.6 Å². The van der Waals surface area contributed by atoms with Crippen molar-refractivity contribution in [3.63, 3.8) is 0 Å². The number of rotatable bonds is 9. The normalized spacial score (nSPS) is 14.7. The Bertz CT molecular complexity index is 669. The second kappa shape index (κ2) is 8.79. The van der Waals surface area contributed by atoms with Crippen LogP contribution in [0.3, 0.4) is 0 Å². The Balaban J connectivity index is 2.00. The molecule has 2 aromatic rings. The monoisotopic (exact) mass is 341 g/mol. The topological polar surface area (TPSA) is 72.5 Å². The Labute approximate surface area is 149 Å². The van der Waals surface area contributed by atoms with Gasteiger partial charge in [0, 0.05) is 12.6 Å². The summed E-state index contributed by atoms with van der Waals surface area (Å²) in [5.41, 5.74) is 8.71. The van der Waals surface area contributed by atoms with Gasteiger partial charge in [-0.3, -0.25) is 4.79 Å². The van der Waals surface area contributed by atoms with E-state index in [4.69, 9.17) is 10.5 Å². The third-order valence-electron chi connectivity index (χ3n) is 4.41. The fourth-order valence-corrected chi connectivity index (χ4v) is 2.95. The van der Waals surface area contributed by atoms with Crippen LogP contribution in [0.15, 0.2) is 54.6 Å². The van der Waals surface area contributed by atoms with Crippen LogP contribution in [0.5, 0.6) is 0 Å². The molecule has 134 valence electrons. The first kappa shape index (κ1) is 19.2. The zero-order chi connectivity index (χ0) is 18.3. The molecule has 25 heavy (non-hydrogen) atoms. The Kier molecular flexibility index (Phi) is 6.73. The Morgan fingerprint density at radius 2 is 1.72 bits per heavy atom. The van der Waals surface area contributed by atoms with Crippen molar-refractivity contribution in [3.8, 4) is 11.1 Å². The van der Waals surface area contributed by atoms with Crippen molar-refractivity contribution in [3.05, 3.63) is 60.2 Å². The fraction of sp³-hybridized carbons (Fsp3) is 0.381. The van der Waals surface area contributed by atoms with E-state index in [1.54, 1.807) is 6.92 Å². The number of hydrogen-bond acceptors (Lipinski definition) is 3. The molecule has 2 aromatic carbocycles. The van der Waals surface area contributed by atoms with Crippen molar-refractivity contribution in [1.29, 1.82) is 0 Å². The molecule has 0 aliphatic carbocycles. The van der Waals surface area contributed by atoms with Gasteiger partial charge in [-0.15, -0.1) is 0 Å². The van der Waals surface area contributed by atoms with Gasteiger partial charge in [0.05, 0.1) is 12.0 Å². The largest absolute Gasteiger partial charge is 0.481 e. The van der Waals surface area contributed by atoms with Crippen molar-refractivity contribution in [2.24, 2.45) is 11.1 Å². The number of benzene rings is 2. The van der Waals surface area contributed by atoms with E-state index in [1.165, 1.54) is 5.56 Å². The van der Waals surface area contributed by atoms with Crippen LogP contribution in [0.1, 0.15) is 25.8 Å². The fourth-order valence-electron chi connectivity index (χ4n) is 2.95. The molecular weight excluding hydrogens is 314 g/mol. The Morgan fingerprint density at radius 3 is 2.28 bits per heavy atom. The minimum Gasteiger partial charge on any atom is -0.481 e. The molecule has 0 spiro atoms. The van der Waals surface area contributed by atoms with Gasteiger partial charge >= 0.3 is 5.97 Å². The van der Waals surface area contributed by atoms with Crippen molar-refractivity contribution < 1.29 is 14.6 Å². The molecule has 0 aliphatic rings. The highest BCUT2D eigenvalue weighted by Gasteiger charge is 2.35. The predicted octanol–water partition coefficient (Wildman–Crippen LogP) is 3.74. The van der Waals surface area contributed by atoms with Crippen LogP contribution < -0.4 is 5.73 Å². The maximum Gasteiger partial charge on any atom is 0.311 e. The first-order valence-corrected chi connectivity index (χ1v) is 8.65. The van der Waals surface area contributed by atoms with Crippen LogP contribution in [-0.2, 0) is 16.0 Å². The number of carboxylic acids is 1. The summed E-state index contributed by atoms with van der Waals surface area (Å²) < 4.78 is 5.34. The maximum atomic E-state index is 11.6. The van der Waals surface area contributed by atoms with E-state index in [-0.39, 0.29) is 12.6 Å². The Morgan fingerprint density at radius 1 is 1.12 bits per heavy atom. The molecule has 0 radical (unpaired) electrons. The van der Waals surface area contributed by atoms with Crippen LogP contribution in [0.25, 0.3) is 11.1 Å². The highest BCUT2D eigenvalue weighted by atomic mass is 16.5. The lowest BCUT2D eigenvalue weighted by molar-refractivity contribution is -0.152. The molecule has 4 heteroatoms. The van der Waals surface area contributed by atoms with Gasteiger partial charge in [0.2, 0.25) is 0 Å². The lowest BCUT2D eigenvalue weighted by Crippen LogP contribution is -2.40. The molecule has 2 rings (SSSR count). The summed E-state index contributed by atoms with van der Waals surface area (Å²) >= 11 is 0. The van der Waals surface area contributed by atoms with E-state index >= 15 is 0 Å². The summed E-state index contributed by atoms with van der Waals surface area (Å²) in [7, 11) is 0. The molecular formula is C21H27NO3. The molecule has 3 N–H and O–H groups in total. The molecule has 0 aliphatic heterocycles. The van der Waals surface area contributed by atoms with E-state index < -0.39 is 11.4 Å². The number of nitrogens with two attached hydrogens (primary N) is 1. The smallest absolute Gasteiger partial charge is 0.311 e. The lowest BCUT2D eigenvalue weighted by Gasteiger charge is -2.27. The predicted molar refractivity (Wildman–Crippen MR) is 100 cm³/mol. The third kappa shape index (κ3) is 5.41. The van der Waals surface area contributed by atoms with Crippen molar-refractivity contribution in [2.45, 2.75) is 32.7 Å². The molecule has 2 atom stereocenters. The quantitative estimate of drug-likeness (QED) is 0.729. The lowest BCUT2D eigenvalue weighted by atomic mass is 9.83. The summed E-state index contributed by atoms with van der Waals surface area (Å²) in [6.07, 6.45) is 1.02. The van der Waals surface area contributed by atoms with Crippen LogP contribution in [0.4, 0.5) is 0 Å². The number of aliphatic carboxylic acids is 1. The number of carboxylic acid groups (broad SMARTS) is 1. The van der Waals surface area contributed by atoms with E-state index in [0.29, 0.717) is 19.4 Å². The van der Waals surface area contributed by atoms with Gasteiger partial charge in [0.15, 0.2) is 0 Å². The highest BCUT2D eigenvalue weighted by Crippen LogP contribution is 2.26. The summed E-state index contributed by atoms with van der Waals surface area (Å²) in [6.45, 7) is 4.23. The van der Waals surface area contributed by atoms with Gasteiger partial charge in [-0.25, -0.2) is 0 Å². The van der Waals surface area contributed by atoms with Gasteiger partial charge in [-0.2, -0.15) is 0 Å². The zero-order valence-corrected chi connectivity index (χ0v) is 14.9. The summed E-state index contributed by atoms with van der Waals surface area (Å²) in [4.78, 5) is 11.6. The van der Waals surface area contributed by atoms with E-state index in [2.05, 4.69) is 36.4 Å². The molecule has 0 heterocycles. The van der Waals surface area contributed by atoms with E-state index in [9.17, 15) is 9.90 Å². The number of ether oxygens (including phenoxy) is 1. The summed E-state index contributed by atoms with van der Waals surface area (Å²) in [5.74, 6) is -0.865. The number of hydrogen-bond donors (Lipinski definition) is 2. The first-order valence-electron chi connectivity index (χ1n) is 8.65. The SMILES string of the molecule is CCOC[C@](C)(C[C@H](N)Cc1ccc(-c2ccccc2)cc1)C(=O)O. The first-order chi connectivity index (χ1) is 11.9. The molecule has 0 saturated heterocycles. The summed E-state index contributed by atoms with van der Waals surface area (Å²) in [6, 6.07) is 18.2. The molecule has 0 amide bonds. The van der Waals surface area contributed by atoms with E-state index in [0.717, 1.165) is 11.1 Å². The third-order valence-corrected chi connectivity index (χ3v) is 4.41. The average molecular weight is 341 g/mol. The standard InChI is InChI=1S/C21H27NO3/c1-3-25-15-21(2,20(23)24)14-19(22)13-16-9-11-18(12-10-16)17-7-5-4-6-8-17/h4-12,19H,3,13-15,22H2,1-2H3,(H,23,24)/t19-,21+/m1/s1. The van der Waals surface area contributed by atoms with Gasteiger partial charge in [-0.05, 0) is 43.4 Å². The second-order valence-corrected chi connectivity index (χ2v) is 6.73.